The van der Waals surface area contributed by atoms with Crippen molar-refractivity contribution >= 4 is 27.7 Å². The molecule has 17 heavy (non-hydrogen) atoms. The van der Waals surface area contributed by atoms with Crippen molar-refractivity contribution in [3.8, 4) is 5.69 Å². The number of nitrogens with zero attached hydrogens (tertiary/aromatic N) is 2. The largest absolute Gasteiger partial charge is 0.481 e. The Morgan fingerprint density at radius 2 is 2.29 bits per heavy atom. The number of carboxylic acid groups (broad SMARTS) is 1. The third kappa shape index (κ3) is 2.47. The number of aromatic nitrogens is 2. The van der Waals surface area contributed by atoms with Crippen LogP contribution in [0.5, 0.6) is 0 Å². The molecule has 0 amide bonds. The van der Waals surface area contributed by atoms with E-state index in [1.807, 2.05) is 24.3 Å². The van der Waals surface area contributed by atoms with Crippen molar-refractivity contribution in [2.45, 2.75) is 6.42 Å². The average molecular weight is 296 g/mol. The summed E-state index contributed by atoms with van der Waals surface area (Å²) in [7, 11) is 0. The van der Waals surface area contributed by atoms with Gasteiger partial charge in [0.05, 0.1) is 18.3 Å². The van der Waals surface area contributed by atoms with E-state index in [4.69, 9.17) is 10.8 Å². The van der Waals surface area contributed by atoms with Crippen LogP contribution < -0.4 is 5.73 Å². The Labute approximate surface area is 106 Å². The molecule has 0 spiro atoms. The molecule has 3 N–H and O–H groups in total. The number of anilines is 1. The number of carboxylic acids is 1. The second-order valence-electron chi connectivity index (χ2n) is 3.52. The first-order valence-electron chi connectivity index (χ1n) is 4.88. The monoisotopic (exact) mass is 295 g/mol. The van der Waals surface area contributed by atoms with E-state index in [1.165, 1.54) is 10.9 Å². The van der Waals surface area contributed by atoms with Crippen LogP contribution in [0.4, 0.5) is 5.82 Å². The summed E-state index contributed by atoms with van der Waals surface area (Å²) in [5.41, 5.74) is 7.15. The van der Waals surface area contributed by atoms with Gasteiger partial charge in [0, 0.05) is 10.0 Å². The van der Waals surface area contributed by atoms with Gasteiger partial charge in [0.2, 0.25) is 0 Å². The second-order valence-corrected chi connectivity index (χ2v) is 4.43. The zero-order valence-corrected chi connectivity index (χ0v) is 10.4. The van der Waals surface area contributed by atoms with Crippen molar-refractivity contribution in [2.24, 2.45) is 0 Å². The summed E-state index contributed by atoms with van der Waals surface area (Å²) in [6, 6.07) is 7.45. The minimum absolute atomic E-state index is 0.125. The highest BCUT2D eigenvalue weighted by Crippen LogP contribution is 2.20. The van der Waals surface area contributed by atoms with E-state index in [1.54, 1.807) is 0 Å². The second kappa shape index (κ2) is 4.58. The summed E-state index contributed by atoms with van der Waals surface area (Å²) in [6.07, 6.45) is 1.35. The Kier molecular flexibility index (Phi) is 3.14. The van der Waals surface area contributed by atoms with Crippen molar-refractivity contribution in [2.75, 3.05) is 5.73 Å². The molecule has 5 nitrogen and oxygen atoms in total. The fourth-order valence-electron chi connectivity index (χ4n) is 1.50. The van der Waals surface area contributed by atoms with Crippen LogP contribution in [0.15, 0.2) is 34.9 Å². The van der Waals surface area contributed by atoms with Crippen LogP contribution in [0.25, 0.3) is 5.69 Å². The topological polar surface area (TPSA) is 81.1 Å². The standard InChI is InChI=1S/C11H10BrN3O2/c12-8-2-1-3-9(5-8)15-11(13)7(6-14-15)4-10(16)17/h1-3,5-6H,4,13H2,(H,16,17). The van der Waals surface area contributed by atoms with Gasteiger partial charge in [-0.25, -0.2) is 4.68 Å². The van der Waals surface area contributed by atoms with Crippen molar-refractivity contribution in [3.05, 3.63) is 40.5 Å². The summed E-state index contributed by atoms with van der Waals surface area (Å²) in [4.78, 5) is 10.6. The molecule has 2 aromatic rings. The Bertz CT molecular complexity index is 566. The molecule has 0 aliphatic rings. The molecule has 0 radical (unpaired) electrons. The highest BCUT2D eigenvalue weighted by Gasteiger charge is 2.11. The number of rotatable bonds is 3. The number of carbonyl (C=O) groups is 1. The summed E-state index contributed by atoms with van der Waals surface area (Å²) in [6.45, 7) is 0. The minimum atomic E-state index is -0.925. The highest BCUT2D eigenvalue weighted by atomic mass is 79.9. The van der Waals surface area contributed by atoms with Gasteiger partial charge >= 0.3 is 5.97 Å². The SMILES string of the molecule is Nc1c(CC(=O)O)cnn1-c1cccc(Br)c1. The number of halogens is 1. The molecule has 6 heteroatoms. The first-order valence-corrected chi connectivity index (χ1v) is 5.67. The molecule has 0 saturated heterocycles. The quantitative estimate of drug-likeness (QED) is 0.905. The van der Waals surface area contributed by atoms with Crippen LogP contribution in [0.3, 0.4) is 0 Å². The van der Waals surface area contributed by atoms with Crippen LogP contribution >= 0.6 is 15.9 Å². The normalized spacial score (nSPS) is 10.4. The first-order chi connectivity index (χ1) is 8.08. The molecule has 1 heterocycles. The van der Waals surface area contributed by atoms with Crippen LogP contribution in [-0.2, 0) is 11.2 Å². The van der Waals surface area contributed by atoms with Gasteiger partial charge in [-0.05, 0) is 18.2 Å². The van der Waals surface area contributed by atoms with E-state index < -0.39 is 5.97 Å². The number of benzene rings is 1. The van der Waals surface area contributed by atoms with Gasteiger partial charge in [0.15, 0.2) is 0 Å². The molecular formula is C11H10BrN3O2. The van der Waals surface area contributed by atoms with Gasteiger partial charge in [0.25, 0.3) is 0 Å². The Morgan fingerprint density at radius 1 is 1.53 bits per heavy atom. The lowest BCUT2D eigenvalue weighted by Gasteiger charge is -2.05. The maximum absolute atomic E-state index is 10.6. The molecule has 0 fully saturated rings. The van der Waals surface area contributed by atoms with Crippen molar-refractivity contribution in [3.63, 3.8) is 0 Å². The van der Waals surface area contributed by atoms with Crippen molar-refractivity contribution in [1.29, 1.82) is 0 Å². The van der Waals surface area contributed by atoms with E-state index in [9.17, 15) is 4.79 Å². The Morgan fingerprint density at radius 3 is 2.94 bits per heavy atom. The molecule has 0 saturated carbocycles. The number of nitrogen functional groups attached to an aromatic ring is 1. The van der Waals surface area contributed by atoms with Crippen molar-refractivity contribution < 1.29 is 9.90 Å². The number of hydrogen-bond donors (Lipinski definition) is 2. The number of hydrogen-bond acceptors (Lipinski definition) is 3. The minimum Gasteiger partial charge on any atom is -0.481 e. The molecule has 0 bridgehead atoms. The summed E-state index contributed by atoms with van der Waals surface area (Å²) in [5.74, 6) is -0.573. The zero-order valence-electron chi connectivity index (χ0n) is 8.80. The summed E-state index contributed by atoms with van der Waals surface area (Å²) >= 11 is 3.36. The van der Waals surface area contributed by atoms with Crippen molar-refractivity contribution in [1.82, 2.24) is 9.78 Å². The molecular weight excluding hydrogens is 286 g/mol. The van der Waals surface area contributed by atoms with Crippen LogP contribution in [0.1, 0.15) is 5.56 Å². The van der Waals surface area contributed by atoms with Gasteiger partial charge in [-0.15, -0.1) is 0 Å². The van der Waals surface area contributed by atoms with Gasteiger partial charge < -0.3 is 10.8 Å². The van der Waals surface area contributed by atoms with Gasteiger partial charge in [0.1, 0.15) is 5.82 Å². The van der Waals surface area contributed by atoms with E-state index in [0.717, 1.165) is 10.2 Å². The molecule has 88 valence electrons. The van der Waals surface area contributed by atoms with E-state index in [0.29, 0.717) is 11.4 Å². The fraction of sp³-hybridized carbons (Fsp3) is 0.0909. The van der Waals surface area contributed by atoms with Crippen LogP contribution in [0, 0.1) is 0 Å². The predicted molar refractivity (Wildman–Crippen MR) is 67.0 cm³/mol. The van der Waals surface area contributed by atoms with E-state index in [2.05, 4.69) is 21.0 Å². The summed E-state index contributed by atoms with van der Waals surface area (Å²) in [5, 5.41) is 12.8. The maximum atomic E-state index is 10.6. The maximum Gasteiger partial charge on any atom is 0.308 e. The predicted octanol–water partition coefficient (Wildman–Crippen LogP) is 1.84. The lowest BCUT2D eigenvalue weighted by atomic mass is 10.2. The van der Waals surface area contributed by atoms with Crippen LogP contribution in [0.2, 0.25) is 0 Å². The molecule has 0 unspecified atom stereocenters. The highest BCUT2D eigenvalue weighted by molar-refractivity contribution is 9.10. The lowest BCUT2D eigenvalue weighted by molar-refractivity contribution is -0.136. The Balaban J connectivity index is 2.40. The zero-order chi connectivity index (χ0) is 12.4. The first kappa shape index (κ1) is 11.7. The smallest absolute Gasteiger partial charge is 0.308 e. The molecule has 0 atom stereocenters. The fourth-order valence-corrected chi connectivity index (χ4v) is 1.89. The molecule has 1 aromatic heterocycles. The average Bonchev–Trinajstić information content (AvgIpc) is 2.60. The lowest BCUT2D eigenvalue weighted by Crippen LogP contribution is -2.05. The van der Waals surface area contributed by atoms with E-state index >= 15 is 0 Å². The number of aliphatic carboxylic acids is 1. The Hall–Kier alpha value is -1.82. The third-order valence-corrected chi connectivity index (χ3v) is 2.77. The summed E-state index contributed by atoms with van der Waals surface area (Å²) < 4.78 is 2.42. The molecule has 0 aliphatic carbocycles. The number of nitrogens with two attached hydrogens (primary N) is 1. The van der Waals surface area contributed by atoms with Crippen LogP contribution in [-0.4, -0.2) is 20.9 Å². The molecule has 1 aromatic carbocycles. The third-order valence-electron chi connectivity index (χ3n) is 2.28. The molecule has 2 rings (SSSR count). The van der Waals surface area contributed by atoms with Gasteiger partial charge in [-0.3, -0.25) is 4.79 Å². The van der Waals surface area contributed by atoms with Gasteiger partial charge in [-0.2, -0.15) is 5.10 Å². The van der Waals surface area contributed by atoms with E-state index in [-0.39, 0.29) is 6.42 Å². The molecule has 0 aliphatic heterocycles. The van der Waals surface area contributed by atoms with Gasteiger partial charge in [-0.1, -0.05) is 22.0 Å².